The second kappa shape index (κ2) is 7.63. The minimum Gasteiger partial charge on any atom is -0.508 e. The van der Waals surface area contributed by atoms with Crippen molar-refractivity contribution in [2.24, 2.45) is 4.99 Å². The average molecular weight is 379 g/mol. The Balaban J connectivity index is 1.66. The molecule has 0 saturated carbocycles. The van der Waals surface area contributed by atoms with E-state index in [1.807, 2.05) is 0 Å². The number of phenols is 1. The van der Waals surface area contributed by atoms with Crippen LogP contribution in [0.25, 0.3) is 0 Å². The number of hydrogen-bond donors (Lipinski definition) is 3. The van der Waals surface area contributed by atoms with Crippen LogP contribution in [0.2, 0.25) is 10.0 Å². The van der Waals surface area contributed by atoms with E-state index >= 15 is 0 Å². The molecule has 0 spiro atoms. The van der Waals surface area contributed by atoms with Crippen LogP contribution in [0.5, 0.6) is 5.75 Å². The predicted molar refractivity (Wildman–Crippen MR) is 99.0 cm³/mol. The number of hydrogen-bond acceptors (Lipinski definition) is 5. The molecule has 0 fully saturated rings. The molecule has 3 rings (SSSR count). The third-order valence-electron chi connectivity index (χ3n) is 3.64. The van der Waals surface area contributed by atoms with E-state index in [0.29, 0.717) is 40.3 Å². The lowest BCUT2D eigenvalue weighted by atomic mass is 10.1. The van der Waals surface area contributed by atoms with Crippen molar-refractivity contribution in [2.75, 3.05) is 18.4 Å². The first-order chi connectivity index (χ1) is 12.0. The maximum atomic E-state index is 12.3. The van der Waals surface area contributed by atoms with Gasteiger partial charge in [0.25, 0.3) is 0 Å². The molecule has 0 saturated heterocycles. The summed E-state index contributed by atoms with van der Waals surface area (Å²) >= 11 is 12.3. The van der Waals surface area contributed by atoms with Crippen molar-refractivity contribution >= 4 is 40.8 Å². The summed E-state index contributed by atoms with van der Waals surface area (Å²) in [5, 5.41) is 15.3. The number of aliphatic imine (C=N–C) groups is 1. The fourth-order valence-corrected chi connectivity index (χ4v) is 2.91. The summed E-state index contributed by atoms with van der Waals surface area (Å²) in [5.74, 6) is 0.290. The Bertz CT molecular complexity index is 806. The summed E-state index contributed by atoms with van der Waals surface area (Å²) in [6.07, 6.45) is 0.0588. The van der Waals surface area contributed by atoms with E-state index in [-0.39, 0.29) is 18.1 Å². The summed E-state index contributed by atoms with van der Waals surface area (Å²) < 4.78 is 0. The maximum Gasteiger partial charge on any atom is 0.243 e. The number of rotatable bonds is 4. The molecule has 0 aromatic heterocycles. The lowest BCUT2D eigenvalue weighted by molar-refractivity contribution is -0.123. The number of anilines is 1. The molecular formula is C17H16Cl2N4O2. The Labute approximate surface area is 155 Å². The van der Waals surface area contributed by atoms with Crippen LogP contribution in [-0.4, -0.2) is 35.1 Å². The van der Waals surface area contributed by atoms with E-state index in [1.54, 1.807) is 47.5 Å². The van der Waals surface area contributed by atoms with Crippen molar-refractivity contribution in [3.63, 3.8) is 0 Å². The van der Waals surface area contributed by atoms with Crippen LogP contribution in [-0.2, 0) is 11.2 Å². The average Bonchev–Trinajstić information content (AvgIpc) is 3.00. The molecule has 1 aliphatic heterocycles. The molecule has 3 N–H and O–H groups in total. The van der Waals surface area contributed by atoms with Gasteiger partial charge in [0.1, 0.15) is 5.75 Å². The van der Waals surface area contributed by atoms with Crippen molar-refractivity contribution in [1.29, 1.82) is 0 Å². The summed E-state index contributed by atoms with van der Waals surface area (Å²) in [7, 11) is 0. The number of para-hydroxylation sites is 2. The van der Waals surface area contributed by atoms with E-state index in [4.69, 9.17) is 23.2 Å². The van der Waals surface area contributed by atoms with Crippen molar-refractivity contribution in [3.8, 4) is 5.75 Å². The molecule has 0 atom stereocenters. The molecule has 0 radical (unpaired) electrons. The number of amides is 1. The van der Waals surface area contributed by atoms with E-state index in [1.165, 1.54) is 0 Å². The van der Waals surface area contributed by atoms with E-state index in [9.17, 15) is 9.90 Å². The number of phenolic OH excluding ortho intramolecular Hbond substituents is 1. The molecule has 6 nitrogen and oxygen atoms in total. The zero-order valence-corrected chi connectivity index (χ0v) is 14.7. The number of benzene rings is 2. The monoisotopic (exact) mass is 378 g/mol. The third kappa shape index (κ3) is 4.15. The number of guanidine groups is 1. The molecule has 0 aliphatic carbocycles. The highest BCUT2D eigenvalue weighted by molar-refractivity contribution is 6.39. The number of nitrogens with zero attached hydrogens (tertiary/aromatic N) is 2. The number of carbonyl (C=O) groups is 1. The summed E-state index contributed by atoms with van der Waals surface area (Å²) in [5.41, 5.74) is 3.86. The van der Waals surface area contributed by atoms with Crippen molar-refractivity contribution in [1.82, 2.24) is 10.4 Å². The number of carbonyl (C=O) groups excluding carboxylic acids is 1. The summed E-state index contributed by atoms with van der Waals surface area (Å²) in [6.45, 7) is 1.05. The normalized spacial score (nSPS) is 13.5. The zero-order chi connectivity index (χ0) is 17.8. The van der Waals surface area contributed by atoms with Gasteiger partial charge in [-0.15, -0.1) is 0 Å². The molecule has 25 heavy (non-hydrogen) atoms. The number of nitrogens with one attached hydrogen (secondary N) is 2. The smallest absolute Gasteiger partial charge is 0.243 e. The second-order valence-corrected chi connectivity index (χ2v) is 6.23. The van der Waals surface area contributed by atoms with Crippen LogP contribution in [0.3, 0.4) is 0 Å². The van der Waals surface area contributed by atoms with Crippen LogP contribution < -0.4 is 10.7 Å². The standard InChI is InChI=1S/C17H16Cl2N4O2/c18-12-5-3-6-13(19)16(12)21-17-20-8-9-23(17)22-15(25)10-11-4-1-2-7-14(11)24/h1-7,24H,8-10H2,(H,20,21)(H,22,25). The molecule has 8 heteroatoms. The summed E-state index contributed by atoms with van der Waals surface area (Å²) in [6, 6.07) is 11.9. The first-order valence-electron chi connectivity index (χ1n) is 7.64. The van der Waals surface area contributed by atoms with Crippen LogP contribution in [0.1, 0.15) is 5.56 Å². The van der Waals surface area contributed by atoms with Crippen molar-refractivity contribution in [3.05, 3.63) is 58.1 Å². The highest BCUT2D eigenvalue weighted by Gasteiger charge is 2.21. The fraction of sp³-hybridized carbons (Fsp3) is 0.176. The quantitative estimate of drug-likeness (QED) is 0.763. The zero-order valence-electron chi connectivity index (χ0n) is 13.2. The highest BCUT2D eigenvalue weighted by atomic mass is 35.5. The molecule has 2 aromatic carbocycles. The molecule has 2 aromatic rings. The first kappa shape index (κ1) is 17.4. The topological polar surface area (TPSA) is 77.0 Å². The lowest BCUT2D eigenvalue weighted by Crippen LogP contribution is -2.47. The first-order valence-corrected chi connectivity index (χ1v) is 8.39. The van der Waals surface area contributed by atoms with Gasteiger partial charge in [0, 0.05) is 5.56 Å². The van der Waals surface area contributed by atoms with Crippen molar-refractivity contribution in [2.45, 2.75) is 6.42 Å². The highest BCUT2D eigenvalue weighted by Crippen LogP contribution is 2.30. The van der Waals surface area contributed by atoms with E-state index < -0.39 is 0 Å². The minimum absolute atomic E-state index is 0.0588. The van der Waals surface area contributed by atoms with Gasteiger partial charge in [-0.3, -0.25) is 15.2 Å². The van der Waals surface area contributed by atoms with Gasteiger partial charge in [-0.25, -0.2) is 4.99 Å². The van der Waals surface area contributed by atoms with E-state index in [2.05, 4.69) is 15.7 Å². The van der Waals surface area contributed by atoms with Gasteiger partial charge >= 0.3 is 0 Å². The molecule has 1 amide bonds. The third-order valence-corrected chi connectivity index (χ3v) is 4.27. The number of hydrazine groups is 1. The van der Waals surface area contributed by atoms with Crippen LogP contribution in [0.4, 0.5) is 5.69 Å². The van der Waals surface area contributed by atoms with Crippen LogP contribution in [0, 0.1) is 0 Å². The number of halogens is 2. The van der Waals surface area contributed by atoms with E-state index in [0.717, 1.165) is 0 Å². The minimum atomic E-state index is -0.261. The van der Waals surface area contributed by atoms with Gasteiger partial charge in [0.05, 0.1) is 35.2 Å². The molecule has 130 valence electrons. The molecule has 1 heterocycles. The largest absolute Gasteiger partial charge is 0.508 e. The lowest BCUT2D eigenvalue weighted by Gasteiger charge is -2.22. The second-order valence-electron chi connectivity index (χ2n) is 5.42. The van der Waals surface area contributed by atoms with Crippen molar-refractivity contribution < 1.29 is 9.90 Å². The molecule has 0 unspecified atom stereocenters. The van der Waals surface area contributed by atoms with Gasteiger partial charge in [0.15, 0.2) is 0 Å². The Morgan fingerprint density at radius 3 is 2.60 bits per heavy atom. The van der Waals surface area contributed by atoms with Gasteiger partial charge in [-0.2, -0.15) is 0 Å². The Kier molecular flexibility index (Phi) is 5.31. The van der Waals surface area contributed by atoms with Gasteiger partial charge in [-0.1, -0.05) is 47.5 Å². The molecular weight excluding hydrogens is 363 g/mol. The van der Waals surface area contributed by atoms with Gasteiger partial charge in [0.2, 0.25) is 11.9 Å². The van der Waals surface area contributed by atoms with Crippen LogP contribution in [0.15, 0.2) is 47.5 Å². The Morgan fingerprint density at radius 1 is 1.16 bits per heavy atom. The summed E-state index contributed by atoms with van der Waals surface area (Å²) in [4.78, 5) is 16.6. The fourth-order valence-electron chi connectivity index (χ4n) is 2.42. The van der Waals surface area contributed by atoms with Crippen LogP contribution >= 0.6 is 23.2 Å². The van der Waals surface area contributed by atoms with Gasteiger partial charge in [-0.05, 0) is 18.2 Å². The molecule has 0 bridgehead atoms. The SMILES string of the molecule is O=C(Cc1ccccc1O)NN1CCN=C1Nc1c(Cl)cccc1Cl. The Morgan fingerprint density at radius 2 is 1.88 bits per heavy atom. The Hall–Kier alpha value is -2.44. The number of aromatic hydroxyl groups is 1. The maximum absolute atomic E-state index is 12.3. The molecule has 1 aliphatic rings. The predicted octanol–water partition coefficient (Wildman–Crippen LogP) is 3.06. The van der Waals surface area contributed by atoms with Gasteiger partial charge < -0.3 is 10.4 Å².